The normalized spacial score (nSPS) is 12.4. The molecule has 2 aromatic carbocycles. The first-order valence-electron chi connectivity index (χ1n) is 6.73. The zero-order valence-corrected chi connectivity index (χ0v) is 14.1. The minimum Gasteiger partial charge on any atom is -0.495 e. The second-order valence-electron chi connectivity index (χ2n) is 4.94. The Morgan fingerprint density at radius 3 is 2.21 bits per heavy atom. The molecule has 0 aliphatic heterocycles. The molecule has 0 saturated carbocycles. The third kappa shape index (κ3) is 2.56. The minimum absolute atomic E-state index is 0.0188. The summed E-state index contributed by atoms with van der Waals surface area (Å²) in [5.41, 5.74) is 0.0384. The van der Waals surface area contributed by atoms with Crippen LogP contribution in [0.3, 0.4) is 0 Å². The van der Waals surface area contributed by atoms with Crippen molar-refractivity contribution in [2.45, 2.75) is 9.79 Å². The average molecular weight is 367 g/mol. The van der Waals surface area contributed by atoms with Gasteiger partial charge in [0.15, 0.2) is 0 Å². The van der Waals surface area contributed by atoms with E-state index in [1.165, 1.54) is 37.4 Å². The maximum Gasteiger partial charge on any atom is 0.296 e. The molecule has 1 aromatic heterocycles. The van der Waals surface area contributed by atoms with Crippen molar-refractivity contribution in [3.63, 3.8) is 0 Å². The summed E-state index contributed by atoms with van der Waals surface area (Å²) in [5.74, 6) is 0.168. The van der Waals surface area contributed by atoms with Gasteiger partial charge in [-0.25, -0.2) is 12.4 Å². The van der Waals surface area contributed by atoms with Crippen LogP contribution in [0.4, 0.5) is 0 Å². The second kappa shape index (κ2) is 5.62. The van der Waals surface area contributed by atoms with E-state index >= 15 is 0 Å². The highest BCUT2D eigenvalue weighted by atomic mass is 32.2. The van der Waals surface area contributed by atoms with E-state index in [4.69, 9.17) is 4.74 Å². The lowest BCUT2D eigenvalue weighted by atomic mass is 10.2. The van der Waals surface area contributed by atoms with E-state index in [9.17, 15) is 21.4 Å². The zero-order valence-electron chi connectivity index (χ0n) is 12.4. The van der Waals surface area contributed by atoms with Gasteiger partial charge < -0.3 is 4.74 Å². The molecular formula is C15H13NO6S2. The van der Waals surface area contributed by atoms with Crippen molar-refractivity contribution < 1.29 is 26.1 Å². The van der Waals surface area contributed by atoms with Crippen LogP contribution in [0.1, 0.15) is 0 Å². The van der Waals surface area contributed by atoms with E-state index < -0.39 is 25.0 Å². The number of para-hydroxylation sites is 1. The Labute approximate surface area is 138 Å². The van der Waals surface area contributed by atoms with Crippen LogP contribution in [0, 0.1) is 0 Å². The lowest BCUT2D eigenvalue weighted by Crippen LogP contribution is -2.12. The molecule has 3 rings (SSSR count). The summed E-state index contributed by atoms with van der Waals surface area (Å²) < 4.78 is 64.4. The van der Waals surface area contributed by atoms with Crippen molar-refractivity contribution in [2.24, 2.45) is 0 Å². The molecule has 1 N–H and O–H groups in total. The number of fused-ring (bicyclic) bond motifs is 1. The monoisotopic (exact) mass is 367 g/mol. The number of hydrogen-bond acceptors (Lipinski definition) is 5. The lowest BCUT2D eigenvalue weighted by Gasteiger charge is -2.09. The fourth-order valence-corrected chi connectivity index (χ4v) is 4.60. The number of hydrogen-bond donors (Lipinski definition) is 1. The Balaban J connectivity index is 2.46. The smallest absolute Gasteiger partial charge is 0.296 e. The van der Waals surface area contributed by atoms with Crippen molar-refractivity contribution in [3.05, 3.63) is 54.7 Å². The highest BCUT2D eigenvalue weighted by Gasteiger charge is 2.27. The molecular weight excluding hydrogens is 354 g/mol. The molecule has 0 saturated heterocycles. The van der Waals surface area contributed by atoms with Crippen LogP contribution in [0.25, 0.3) is 10.9 Å². The van der Waals surface area contributed by atoms with E-state index in [1.54, 1.807) is 18.2 Å². The van der Waals surface area contributed by atoms with E-state index in [1.807, 2.05) is 0 Å². The Bertz CT molecular complexity index is 1120. The van der Waals surface area contributed by atoms with Gasteiger partial charge in [0.1, 0.15) is 16.2 Å². The molecule has 0 amide bonds. The summed E-state index contributed by atoms with van der Waals surface area (Å²) in [6.45, 7) is 0. The molecule has 0 unspecified atom stereocenters. The van der Waals surface area contributed by atoms with Crippen molar-refractivity contribution in [3.8, 4) is 5.75 Å². The molecule has 126 valence electrons. The van der Waals surface area contributed by atoms with Gasteiger partial charge in [-0.2, -0.15) is 8.42 Å². The third-order valence-corrected chi connectivity index (χ3v) is 6.07. The second-order valence-corrected chi connectivity index (χ2v) is 8.14. The maximum absolute atomic E-state index is 12.9. The van der Waals surface area contributed by atoms with E-state index in [-0.39, 0.29) is 21.5 Å². The Hall–Kier alpha value is -2.36. The first-order valence-corrected chi connectivity index (χ1v) is 9.61. The highest BCUT2D eigenvalue weighted by molar-refractivity contribution is 7.90. The molecule has 3 aromatic rings. The molecule has 9 heteroatoms. The van der Waals surface area contributed by atoms with E-state index in [0.717, 1.165) is 10.2 Å². The number of ether oxygens (including phenoxy) is 1. The molecule has 7 nitrogen and oxygen atoms in total. The molecule has 0 radical (unpaired) electrons. The molecule has 1 heterocycles. The van der Waals surface area contributed by atoms with Gasteiger partial charge in [-0.3, -0.25) is 4.55 Å². The topological polar surface area (TPSA) is 103 Å². The Kier molecular flexibility index (Phi) is 3.86. The molecule has 0 fully saturated rings. The number of rotatable bonds is 4. The highest BCUT2D eigenvalue weighted by Crippen LogP contribution is 2.34. The van der Waals surface area contributed by atoms with Crippen molar-refractivity contribution in [1.29, 1.82) is 0 Å². The van der Waals surface area contributed by atoms with Crippen molar-refractivity contribution in [2.75, 3.05) is 7.11 Å². The standard InChI is InChI=1S/C15H13NO6S2/c1-22-13-9-5-8-12-14(24(19,20)21)10-16(15(12)13)23(17,18)11-6-3-2-4-7-11/h2-10H,1H3,(H,19,20,21). The van der Waals surface area contributed by atoms with Gasteiger partial charge >= 0.3 is 0 Å². The third-order valence-electron chi connectivity index (χ3n) is 3.52. The first-order chi connectivity index (χ1) is 11.3. The minimum atomic E-state index is -4.62. The van der Waals surface area contributed by atoms with Gasteiger partial charge in [-0.1, -0.05) is 30.3 Å². The van der Waals surface area contributed by atoms with Gasteiger partial charge in [-0.15, -0.1) is 0 Å². The maximum atomic E-state index is 12.9. The van der Waals surface area contributed by atoms with Crippen LogP contribution in [0.5, 0.6) is 5.75 Å². The molecule has 0 aliphatic rings. The Morgan fingerprint density at radius 1 is 0.958 bits per heavy atom. The SMILES string of the molecule is COc1cccc2c(S(=O)(=O)O)cn(S(=O)(=O)c3ccccc3)c12. The Morgan fingerprint density at radius 2 is 1.62 bits per heavy atom. The van der Waals surface area contributed by atoms with Crippen molar-refractivity contribution >= 4 is 31.0 Å². The number of benzene rings is 2. The summed E-state index contributed by atoms with van der Waals surface area (Å²) in [6.07, 6.45) is 0.880. The lowest BCUT2D eigenvalue weighted by molar-refractivity contribution is 0.418. The van der Waals surface area contributed by atoms with Crippen LogP contribution in [-0.2, 0) is 20.1 Å². The molecule has 0 atom stereocenters. The van der Waals surface area contributed by atoms with Crippen LogP contribution in [0.15, 0.2) is 64.5 Å². The first kappa shape index (κ1) is 16.5. The summed E-state index contributed by atoms with van der Waals surface area (Å²) in [7, 11) is -7.35. The van der Waals surface area contributed by atoms with Crippen LogP contribution in [0.2, 0.25) is 0 Å². The molecule has 0 bridgehead atoms. The van der Waals surface area contributed by atoms with Gasteiger partial charge in [-0.05, 0) is 18.2 Å². The van der Waals surface area contributed by atoms with E-state index in [2.05, 4.69) is 0 Å². The average Bonchev–Trinajstić information content (AvgIpc) is 2.96. The molecule has 0 aliphatic carbocycles. The summed E-state index contributed by atoms with van der Waals surface area (Å²) in [6, 6.07) is 12.0. The summed E-state index contributed by atoms with van der Waals surface area (Å²) in [5, 5.41) is 0.0522. The van der Waals surface area contributed by atoms with Gasteiger partial charge in [0.05, 0.1) is 12.0 Å². The summed E-state index contributed by atoms with van der Waals surface area (Å²) >= 11 is 0. The fourth-order valence-electron chi connectivity index (χ4n) is 2.45. The largest absolute Gasteiger partial charge is 0.495 e. The predicted molar refractivity (Wildman–Crippen MR) is 87.3 cm³/mol. The number of methoxy groups -OCH3 is 1. The van der Waals surface area contributed by atoms with Gasteiger partial charge in [0.2, 0.25) is 0 Å². The van der Waals surface area contributed by atoms with Crippen LogP contribution < -0.4 is 4.74 Å². The van der Waals surface area contributed by atoms with Crippen molar-refractivity contribution in [1.82, 2.24) is 3.97 Å². The molecule has 0 spiro atoms. The summed E-state index contributed by atoms with van der Waals surface area (Å²) in [4.78, 5) is -0.523. The zero-order chi connectivity index (χ0) is 17.5. The number of nitrogens with zero attached hydrogens (tertiary/aromatic N) is 1. The molecule has 24 heavy (non-hydrogen) atoms. The van der Waals surface area contributed by atoms with Crippen LogP contribution in [-0.4, -0.2) is 32.5 Å². The van der Waals surface area contributed by atoms with Gasteiger partial charge in [0, 0.05) is 11.6 Å². The number of aromatic nitrogens is 1. The quantitative estimate of drug-likeness (QED) is 0.709. The predicted octanol–water partition coefficient (Wildman–Crippen LogP) is 2.13. The fraction of sp³-hybridized carbons (Fsp3) is 0.0667. The van der Waals surface area contributed by atoms with E-state index in [0.29, 0.717) is 0 Å². The van der Waals surface area contributed by atoms with Gasteiger partial charge in [0.25, 0.3) is 20.1 Å². The van der Waals surface area contributed by atoms with Crippen LogP contribution >= 0.6 is 0 Å².